The second-order valence-corrected chi connectivity index (χ2v) is 7.66. The van der Waals surface area contributed by atoms with Crippen molar-refractivity contribution < 1.29 is 13.2 Å². The minimum atomic E-state index is -3.76. The molecule has 0 amide bonds. The molecular weight excluding hydrogens is 312 g/mol. The number of nitrogens with two attached hydrogens (primary N) is 1. The molecule has 6 heteroatoms. The Kier molecular flexibility index (Phi) is 4.12. The largest absolute Gasteiger partial charge is 0.493 e. The van der Waals surface area contributed by atoms with Crippen LogP contribution in [0, 0.1) is 19.8 Å². The molecule has 0 aliphatic heterocycles. The van der Waals surface area contributed by atoms with Crippen LogP contribution in [0.1, 0.15) is 24.2 Å². The second-order valence-electron chi connectivity index (χ2n) is 6.10. The Morgan fingerprint density at radius 3 is 2.39 bits per heavy atom. The number of hydrogen-bond acceptors (Lipinski definition) is 4. The molecule has 2 N–H and O–H groups in total. The van der Waals surface area contributed by atoms with Crippen molar-refractivity contribution in [2.24, 2.45) is 11.1 Å². The number of hydrogen-bond donors (Lipinski definition) is 1. The van der Waals surface area contributed by atoms with Gasteiger partial charge in [-0.1, -0.05) is 0 Å². The Morgan fingerprint density at radius 2 is 1.83 bits per heavy atom. The van der Waals surface area contributed by atoms with Gasteiger partial charge in [-0.25, -0.2) is 13.6 Å². The van der Waals surface area contributed by atoms with Crippen molar-refractivity contribution >= 4 is 10.0 Å². The maximum atomic E-state index is 11.7. The Bertz CT molecular complexity index is 823. The SMILES string of the molecule is Cc1cc(-c2cc(S(N)(=O)=O)ccc2OCC2CC2)cc(C)n1. The number of benzene rings is 1. The van der Waals surface area contributed by atoms with Crippen LogP contribution in [0.3, 0.4) is 0 Å². The summed E-state index contributed by atoms with van der Waals surface area (Å²) in [6, 6.07) is 8.58. The molecule has 1 aliphatic carbocycles. The summed E-state index contributed by atoms with van der Waals surface area (Å²) < 4.78 is 29.2. The maximum Gasteiger partial charge on any atom is 0.238 e. The van der Waals surface area contributed by atoms with Gasteiger partial charge >= 0.3 is 0 Å². The van der Waals surface area contributed by atoms with E-state index in [9.17, 15) is 8.42 Å². The summed E-state index contributed by atoms with van der Waals surface area (Å²) in [4.78, 5) is 4.44. The molecule has 0 unspecified atom stereocenters. The fourth-order valence-corrected chi connectivity index (χ4v) is 3.06. The van der Waals surface area contributed by atoms with Gasteiger partial charge in [0, 0.05) is 17.0 Å². The molecule has 3 rings (SSSR count). The van der Waals surface area contributed by atoms with Gasteiger partial charge in [-0.3, -0.25) is 4.98 Å². The molecule has 0 atom stereocenters. The van der Waals surface area contributed by atoms with Gasteiger partial charge in [0.05, 0.1) is 11.5 Å². The van der Waals surface area contributed by atoms with Gasteiger partial charge < -0.3 is 4.74 Å². The number of aryl methyl sites for hydroxylation is 2. The second kappa shape index (κ2) is 5.94. The molecule has 1 saturated carbocycles. The number of primary sulfonamides is 1. The molecule has 1 fully saturated rings. The topological polar surface area (TPSA) is 82.3 Å². The highest BCUT2D eigenvalue weighted by Gasteiger charge is 2.23. The van der Waals surface area contributed by atoms with Gasteiger partial charge in [0.2, 0.25) is 10.0 Å². The molecule has 0 saturated heterocycles. The van der Waals surface area contributed by atoms with Crippen LogP contribution in [0.4, 0.5) is 0 Å². The van der Waals surface area contributed by atoms with E-state index in [2.05, 4.69) is 4.98 Å². The Hall–Kier alpha value is -1.92. The molecule has 0 spiro atoms. The number of pyridine rings is 1. The highest BCUT2D eigenvalue weighted by molar-refractivity contribution is 7.89. The average molecular weight is 332 g/mol. The lowest BCUT2D eigenvalue weighted by molar-refractivity contribution is 0.301. The lowest BCUT2D eigenvalue weighted by Crippen LogP contribution is -2.12. The molecule has 5 nitrogen and oxygen atoms in total. The number of aromatic nitrogens is 1. The summed E-state index contributed by atoms with van der Waals surface area (Å²) in [6.45, 7) is 4.47. The van der Waals surface area contributed by atoms with Crippen LogP contribution in [-0.4, -0.2) is 20.0 Å². The average Bonchev–Trinajstić information content (AvgIpc) is 3.27. The highest BCUT2D eigenvalue weighted by Crippen LogP contribution is 2.35. The molecule has 0 bridgehead atoms. The van der Waals surface area contributed by atoms with Crippen molar-refractivity contribution in [2.45, 2.75) is 31.6 Å². The van der Waals surface area contributed by atoms with Crippen LogP contribution in [0.2, 0.25) is 0 Å². The van der Waals surface area contributed by atoms with Gasteiger partial charge in [0.15, 0.2) is 0 Å². The summed E-state index contributed by atoms with van der Waals surface area (Å²) in [7, 11) is -3.76. The zero-order chi connectivity index (χ0) is 16.6. The van der Waals surface area contributed by atoms with Crippen molar-refractivity contribution in [3.8, 4) is 16.9 Å². The van der Waals surface area contributed by atoms with E-state index in [0.717, 1.165) is 22.5 Å². The van der Waals surface area contributed by atoms with E-state index >= 15 is 0 Å². The first-order valence-corrected chi connectivity index (χ1v) is 9.13. The molecule has 2 aromatic rings. The van der Waals surface area contributed by atoms with Crippen LogP contribution >= 0.6 is 0 Å². The van der Waals surface area contributed by atoms with Gasteiger partial charge in [-0.2, -0.15) is 0 Å². The van der Waals surface area contributed by atoms with Gasteiger partial charge in [-0.15, -0.1) is 0 Å². The van der Waals surface area contributed by atoms with Crippen LogP contribution in [0.5, 0.6) is 5.75 Å². The summed E-state index contributed by atoms with van der Waals surface area (Å²) in [5.74, 6) is 1.29. The third-order valence-electron chi connectivity index (χ3n) is 3.84. The molecule has 122 valence electrons. The summed E-state index contributed by atoms with van der Waals surface area (Å²) in [5.41, 5.74) is 3.35. The fraction of sp³-hybridized carbons (Fsp3) is 0.353. The van der Waals surface area contributed by atoms with E-state index < -0.39 is 10.0 Å². The number of nitrogens with zero attached hydrogens (tertiary/aromatic N) is 1. The van der Waals surface area contributed by atoms with E-state index in [1.54, 1.807) is 12.1 Å². The van der Waals surface area contributed by atoms with Crippen molar-refractivity contribution in [1.82, 2.24) is 4.98 Å². The van der Waals surface area contributed by atoms with E-state index in [1.165, 1.54) is 18.9 Å². The molecule has 0 radical (unpaired) electrons. The normalized spacial score (nSPS) is 14.7. The minimum Gasteiger partial charge on any atom is -0.493 e. The first-order chi connectivity index (χ1) is 10.8. The van der Waals surface area contributed by atoms with E-state index in [4.69, 9.17) is 9.88 Å². The summed E-state index contributed by atoms with van der Waals surface area (Å²) in [5, 5.41) is 5.26. The van der Waals surface area contributed by atoms with Crippen molar-refractivity contribution in [1.29, 1.82) is 0 Å². The number of sulfonamides is 1. The molecule has 1 aromatic carbocycles. The van der Waals surface area contributed by atoms with Crippen molar-refractivity contribution in [3.05, 3.63) is 41.7 Å². The summed E-state index contributed by atoms with van der Waals surface area (Å²) in [6.07, 6.45) is 2.39. The third kappa shape index (κ3) is 3.89. The zero-order valence-electron chi connectivity index (χ0n) is 13.2. The Labute approximate surface area is 136 Å². The third-order valence-corrected chi connectivity index (χ3v) is 4.75. The standard InChI is InChI=1S/C17H20N2O3S/c1-11-7-14(8-12(2)19-11)16-9-15(23(18,20)21)5-6-17(16)22-10-13-3-4-13/h5-9,13H,3-4,10H2,1-2H3,(H2,18,20,21). The predicted molar refractivity (Wildman–Crippen MR) is 88.7 cm³/mol. The van der Waals surface area contributed by atoms with Gasteiger partial charge in [0.1, 0.15) is 5.75 Å². The molecule has 1 aromatic heterocycles. The van der Waals surface area contributed by atoms with Gasteiger partial charge in [-0.05, 0) is 68.5 Å². The first kappa shape index (κ1) is 16.0. The monoisotopic (exact) mass is 332 g/mol. The Balaban J connectivity index is 2.08. The van der Waals surface area contributed by atoms with Crippen molar-refractivity contribution in [2.75, 3.05) is 6.61 Å². The van der Waals surface area contributed by atoms with Crippen LogP contribution in [-0.2, 0) is 10.0 Å². The predicted octanol–water partition coefficient (Wildman–Crippen LogP) is 2.80. The smallest absolute Gasteiger partial charge is 0.238 e. The maximum absolute atomic E-state index is 11.7. The molecule has 1 heterocycles. The number of ether oxygens (including phenoxy) is 1. The van der Waals surface area contributed by atoms with E-state index in [1.807, 2.05) is 26.0 Å². The van der Waals surface area contributed by atoms with Crippen LogP contribution in [0.25, 0.3) is 11.1 Å². The molecule has 23 heavy (non-hydrogen) atoms. The Morgan fingerprint density at radius 1 is 1.17 bits per heavy atom. The molecular formula is C17H20N2O3S. The summed E-state index contributed by atoms with van der Waals surface area (Å²) >= 11 is 0. The number of rotatable bonds is 5. The lowest BCUT2D eigenvalue weighted by Gasteiger charge is -2.14. The van der Waals surface area contributed by atoms with E-state index in [0.29, 0.717) is 18.3 Å². The first-order valence-electron chi connectivity index (χ1n) is 7.58. The highest BCUT2D eigenvalue weighted by atomic mass is 32.2. The minimum absolute atomic E-state index is 0.0818. The quantitative estimate of drug-likeness (QED) is 0.912. The van der Waals surface area contributed by atoms with Crippen LogP contribution < -0.4 is 9.88 Å². The van der Waals surface area contributed by atoms with E-state index in [-0.39, 0.29) is 4.90 Å². The molecule has 1 aliphatic rings. The lowest BCUT2D eigenvalue weighted by atomic mass is 10.0. The van der Waals surface area contributed by atoms with Gasteiger partial charge in [0.25, 0.3) is 0 Å². The van der Waals surface area contributed by atoms with Crippen LogP contribution in [0.15, 0.2) is 35.2 Å². The fourth-order valence-electron chi connectivity index (χ4n) is 2.52. The van der Waals surface area contributed by atoms with Crippen molar-refractivity contribution in [3.63, 3.8) is 0 Å². The zero-order valence-corrected chi connectivity index (χ0v) is 14.1.